The van der Waals surface area contributed by atoms with E-state index in [4.69, 9.17) is 10.5 Å². The fourth-order valence-electron chi connectivity index (χ4n) is 1.77. The summed E-state index contributed by atoms with van der Waals surface area (Å²) >= 11 is 0. The molecule has 0 aliphatic rings. The Morgan fingerprint density at radius 2 is 2.17 bits per heavy atom. The van der Waals surface area contributed by atoms with Crippen molar-refractivity contribution in [2.75, 3.05) is 25.9 Å². The fourth-order valence-corrected chi connectivity index (χ4v) is 1.77. The highest BCUT2D eigenvalue weighted by Crippen LogP contribution is 2.27. The number of nitrogen functional groups attached to an aromatic ring is 1. The molecule has 1 rings (SSSR count). The van der Waals surface area contributed by atoms with Crippen molar-refractivity contribution in [1.82, 2.24) is 4.90 Å². The SMILES string of the molecule is C=C(C)CN(CC)C(=O)c1cccc(N)c1OC. The highest BCUT2D eigenvalue weighted by atomic mass is 16.5. The molecule has 0 saturated carbocycles. The maximum atomic E-state index is 12.4. The molecule has 0 fully saturated rings. The van der Waals surface area contributed by atoms with E-state index in [2.05, 4.69) is 6.58 Å². The third-order valence-electron chi connectivity index (χ3n) is 2.61. The summed E-state index contributed by atoms with van der Waals surface area (Å²) in [5.41, 5.74) is 7.69. The van der Waals surface area contributed by atoms with Gasteiger partial charge in [-0.3, -0.25) is 4.79 Å². The molecule has 0 aliphatic carbocycles. The Hall–Kier alpha value is -1.97. The second-order valence-electron chi connectivity index (χ2n) is 4.20. The lowest BCUT2D eigenvalue weighted by Crippen LogP contribution is -2.32. The van der Waals surface area contributed by atoms with Gasteiger partial charge in [-0.05, 0) is 26.0 Å². The van der Waals surface area contributed by atoms with Gasteiger partial charge in [0.2, 0.25) is 0 Å². The van der Waals surface area contributed by atoms with Gasteiger partial charge in [0.1, 0.15) is 0 Å². The van der Waals surface area contributed by atoms with Crippen LogP contribution in [-0.4, -0.2) is 31.0 Å². The number of rotatable bonds is 5. The summed E-state index contributed by atoms with van der Waals surface area (Å²) in [6, 6.07) is 5.18. The summed E-state index contributed by atoms with van der Waals surface area (Å²) in [6.45, 7) is 8.80. The molecule has 2 N–H and O–H groups in total. The Balaban J connectivity index is 3.09. The molecule has 4 nitrogen and oxygen atoms in total. The number of nitrogens with two attached hydrogens (primary N) is 1. The van der Waals surface area contributed by atoms with Crippen LogP contribution in [0.25, 0.3) is 0 Å². The van der Waals surface area contributed by atoms with Gasteiger partial charge in [-0.25, -0.2) is 0 Å². The smallest absolute Gasteiger partial charge is 0.257 e. The first-order valence-electron chi connectivity index (χ1n) is 5.87. The maximum Gasteiger partial charge on any atom is 0.257 e. The first-order chi connectivity index (χ1) is 8.51. The molecule has 1 amide bonds. The predicted molar refractivity (Wildman–Crippen MR) is 73.8 cm³/mol. The summed E-state index contributed by atoms with van der Waals surface area (Å²) in [7, 11) is 1.51. The van der Waals surface area contributed by atoms with Crippen LogP contribution >= 0.6 is 0 Å². The Labute approximate surface area is 108 Å². The zero-order valence-corrected chi connectivity index (χ0v) is 11.2. The van der Waals surface area contributed by atoms with Crippen LogP contribution in [-0.2, 0) is 0 Å². The Kier molecular flexibility index (Phi) is 4.77. The third-order valence-corrected chi connectivity index (χ3v) is 2.61. The van der Waals surface area contributed by atoms with Crippen LogP contribution < -0.4 is 10.5 Å². The van der Waals surface area contributed by atoms with Gasteiger partial charge in [0, 0.05) is 13.1 Å². The summed E-state index contributed by atoms with van der Waals surface area (Å²) in [5.74, 6) is 0.340. The minimum absolute atomic E-state index is 0.0929. The van der Waals surface area contributed by atoms with E-state index in [0.29, 0.717) is 30.1 Å². The highest BCUT2D eigenvalue weighted by Gasteiger charge is 2.19. The molecule has 0 heterocycles. The first kappa shape index (κ1) is 14.1. The molecule has 0 bridgehead atoms. The number of likely N-dealkylation sites (N-methyl/N-ethyl adjacent to an activating group) is 1. The molecular weight excluding hydrogens is 228 g/mol. The third kappa shape index (κ3) is 3.03. The van der Waals surface area contributed by atoms with Crippen molar-refractivity contribution >= 4 is 11.6 Å². The Bertz CT molecular complexity index is 455. The largest absolute Gasteiger partial charge is 0.494 e. The van der Waals surface area contributed by atoms with E-state index < -0.39 is 0 Å². The van der Waals surface area contributed by atoms with E-state index in [0.717, 1.165) is 5.57 Å². The molecule has 0 aromatic heterocycles. The number of para-hydroxylation sites is 1. The minimum Gasteiger partial charge on any atom is -0.494 e. The number of hydrogen-bond donors (Lipinski definition) is 1. The quantitative estimate of drug-likeness (QED) is 0.642. The zero-order chi connectivity index (χ0) is 13.7. The maximum absolute atomic E-state index is 12.4. The van der Waals surface area contributed by atoms with Crippen molar-refractivity contribution in [2.45, 2.75) is 13.8 Å². The average molecular weight is 248 g/mol. The zero-order valence-electron chi connectivity index (χ0n) is 11.2. The molecule has 1 aromatic carbocycles. The summed E-state index contributed by atoms with van der Waals surface area (Å²) < 4.78 is 5.20. The Morgan fingerprint density at radius 3 is 2.67 bits per heavy atom. The molecule has 1 aromatic rings. The molecule has 18 heavy (non-hydrogen) atoms. The van der Waals surface area contributed by atoms with Crippen molar-refractivity contribution in [3.63, 3.8) is 0 Å². The molecule has 0 saturated heterocycles. The van der Waals surface area contributed by atoms with Crippen molar-refractivity contribution in [3.05, 3.63) is 35.9 Å². The number of nitrogens with zero attached hydrogens (tertiary/aromatic N) is 1. The van der Waals surface area contributed by atoms with Gasteiger partial charge in [0.15, 0.2) is 5.75 Å². The molecular formula is C14H20N2O2. The number of methoxy groups -OCH3 is 1. The van der Waals surface area contributed by atoms with Crippen LogP contribution in [0, 0.1) is 0 Å². The fraction of sp³-hybridized carbons (Fsp3) is 0.357. The highest BCUT2D eigenvalue weighted by molar-refractivity contribution is 5.98. The van der Waals surface area contributed by atoms with Crippen molar-refractivity contribution in [1.29, 1.82) is 0 Å². The number of carbonyl (C=O) groups excluding carboxylic acids is 1. The molecule has 98 valence electrons. The van der Waals surface area contributed by atoms with E-state index in [1.54, 1.807) is 23.1 Å². The summed E-state index contributed by atoms with van der Waals surface area (Å²) in [6.07, 6.45) is 0. The van der Waals surface area contributed by atoms with Crippen LogP contribution in [0.15, 0.2) is 30.4 Å². The lowest BCUT2D eigenvalue weighted by atomic mass is 10.1. The van der Waals surface area contributed by atoms with Crippen LogP contribution in [0.3, 0.4) is 0 Å². The second kappa shape index (κ2) is 6.10. The van der Waals surface area contributed by atoms with Crippen molar-refractivity contribution in [2.24, 2.45) is 0 Å². The number of benzene rings is 1. The minimum atomic E-state index is -0.0929. The van der Waals surface area contributed by atoms with Gasteiger partial charge in [-0.2, -0.15) is 0 Å². The summed E-state index contributed by atoms with van der Waals surface area (Å²) in [5, 5.41) is 0. The van der Waals surface area contributed by atoms with Gasteiger partial charge in [-0.1, -0.05) is 18.2 Å². The molecule has 0 spiro atoms. The normalized spacial score (nSPS) is 9.94. The van der Waals surface area contributed by atoms with Crippen LogP contribution in [0.1, 0.15) is 24.2 Å². The number of carbonyl (C=O) groups is 1. The van der Waals surface area contributed by atoms with E-state index in [1.165, 1.54) is 7.11 Å². The monoisotopic (exact) mass is 248 g/mol. The predicted octanol–water partition coefficient (Wildman–Crippen LogP) is 2.32. The van der Waals surface area contributed by atoms with Crippen molar-refractivity contribution < 1.29 is 9.53 Å². The average Bonchev–Trinajstić information content (AvgIpc) is 2.34. The first-order valence-corrected chi connectivity index (χ1v) is 5.87. The van der Waals surface area contributed by atoms with Gasteiger partial charge < -0.3 is 15.4 Å². The number of ether oxygens (including phenoxy) is 1. The van der Waals surface area contributed by atoms with Crippen LogP contribution in [0.4, 0.5) is 5.69 Å². The lowest BCUT2D eigenvalue weighted by Gasteiger charge is -2.22. The van der Waals surface area contributed by atoms with E-state index >= 15 is 0 Å². The van der Waals surface area contributed by atoms with Gasteiger partial charge in [-0.15, -0.1) is 0 Å². The van der Waals surface area contributed by atoms with E-state index in [9.17, 15) is 4.79 Å². The molecule has 0 atom stereocenters. The lowest BCUT2D eigenvalue weighted by molar-refractivity contribution is 0.0775. The Morgan fingerprint density at radius 1 is 1.50 bits per heavy atom. The number of amides is 1. The molecule has 0 radical (unpaired) electrons. The number of hydrogen-bond acceptors (Lipinski definition) is 3. The standard InChI is InChI=1S/C14H20N2O2/c1-5-16(9-10(2)3)14(17)11-7-6-8-12(15)13(11)18-4/h6-8H,2,5,9,15H2,1,3-4H3. The van der Waals surface area contributed by atoms with Gasteiger partial charge in [0.05, 0.1) is 18.4 Å². The van der Waals surface area contributed by atoms with E-state index in [-0.39, 0.29) is 5.91 Å². The number of anilines is 1. The van der Waals surface area contributed by atoms with Gasteiger partial charge in [0.25, 0.3) is 5.91 Å². The second-order valence-corrected chi connectivity index (χ2v) is 4.20. The molecule has 0 aliphatic heterocycles. The molecule has 0 unspecified atom stereocenters. The molecule has 4 heteroatoms. The van der Waals surface area contributed by atoms with Gasteiger partial charge >= 0.3 is 0 Å². The van der Waals surface area contributed by atoms with Crippen LogP contribution in [0.5, 0.6) is 5.75 Å². The topological polar surface area (TPSA) is 55.6 Å². The van der Waals surface area contributed by atoms with Crippen molar-refractivity contribution in [3.8, 4) is 5.75 Å². The summed E-state index contributed by atoms with van der Waals surface area (Å²) in [4.78, 5) is 14.1. The van der Waals surface area contributed by atoms with Crippen LogP contribution in [0.2, 0.25) is 0 Å². The van der Waals surface area contributed by atoms with E-state index in [1.807, 2.05) is 13.8 Å².